The van der Waals surface area contributed by atoms with E-state index >= 15 is 0 Å². The average molecular weight is 396 g/mol. The van der Waals surface area contributed by atoms with Crippen LogP contribution in [0.25, 0.3) is 5.69 Å². The van der Waals surface area contributed by atoms with E-state index in [1.54, 1.807) is 7.05 Å². The van der Waals surface area contributed by atoms with Gasteiger partial charge in [0, 0.05) is 12.6 Å². The van der Waals surface area contributed by atoms with E-state index in [2.05, 4.69) is 53.4 Å². The summed E-state index contributed by atoms with van der Waals surface area (Å²) >= 11 is 0. The Balaban J connectivity index is 1.79. The summed E-state index contributed by atoms with van der Waals surface area (Å²) < 4.78 is 2.44. The molecule has 0 saturated carbocycles. The highest BCUT2D eigenvalue weighted by molar-refractivity contribution is 6.88. The van der Waals surface area contributed by atoms with Gasteiger partial charge in [-0.2, -0.15) is 9.36 Å². The molecular weight excluding hydrogens is 370 g/mol. The zero-order valence-electron chi connectivity index (χ0n) is 16.9. The van der Waals surface area contributed by atoms with Crippen molar-refractivity contribution in [3.63, 3.8) is 0 Å². The Hall–Kier alpha value is -3.00. The second-order valence-corrected chi connectivity index (χ2v) is 12.8. The van der Waals surface area contributed by atoms with Crippen molar-refractivity contribution < 1.29 is 4.84 Å². The molecule has 8 heteroatoms. The molecule has 3 aromatic rings. The summed E-state index contributed by atoms with van der Waals surface area (Å²) in [6, 6.07) is 15.9. The van der Waals surface area contributed by atoms with Crippen molar-refractivity contribution >= 4 is 19.0 Å². The standard InChI is InChI=1S/C20H25N5O2Si/c1-15(16-10-8-11-18(13-16)28(3,4)5)21-27-14-17-9-6-7-12-19(17)25-20(26)24(2)22-23-25/h6-13H,14H2,1-5H3/b21-15+. The van der Waals surface area contributed by atoms with Crippen LogP contribution in [-0.4, -0.2) is 33.6 Å². The molecule has 0 amide bonds. The van der Waals surface area contributed by atoms with E-state index in [0.29, 0.717) is 5.69 Å². The van der Waals surface area contributed by atoms with Gasteiger partial charge in [-0.3, -0.25) is 0 Å². The maximum Gasteiger partial charge on any atom is 0.368 e. The Morgan fingerprint density at radius 1 is 1.11 bits per heavy atom. The van der Waals surface area contributed by atoms with Gasteiger partial charge in [-0.25, -0.2) is 4.79 Å². The third-order valence-electron chi connectivity index (χ3n) is 4.51. The van der Waals surface area contributed by atoms with Gasteiger partial charge < -0.3 is 4.84 Å². The van der Waals surface area contributed by atoms with Crippen molar-refractivity contribution in [2.24, 2.45) is 12.2 Å². The number of hydrogen-bond donors (Lipinski definition) is 0. The molecular formula is C20H25N5O2Si. The molecule has 0 unspecified atom stereocenters. The summed E-state index contributed by atoms with van der Waals surface area (Å²) in [7, 11) is 0.177. The Bertz CT molecular complexity index is 1060. The van der Waals surface area contributed by atoms with E-state index in [0.717, 1.165) is 16.8 Å². The Morgan fingerprint density at radius 3 is 2.54 bits per heavy atom. The lowest BCUT2D eigenvalue weighted by Gasteiger charge is -2.17. The SMILES string of the molecule is C/C(=N\OCc1ccccc1-n1nnn(C)c1=O)c1cccc([Si](C)(C)C)c1. The maximum atomic E-state index is 12.1. The van der Waals surface area contributed by atoms with Gasteiger partial charge in [0.2, 0.25) is 0 Å². The van der Waals surface area contributed by atoms with Crippen LogP contribution in [0.2, 0.25) is 19.6 Å². The fraction of sp³-hybridized carbons (Fsp3) is 0.300. The minimum atomic E-state index is -1.39. The lowest BCUT2D eigenvalue weighted by atomic mass is 10.1. The van der Waals surface area contributed by atoms with Gasteiger partial charge in [0.1, 0.15) is 6.61 Å². The predicted octanol–water partition coefficient (Wildman–Crippen LogP) is 2.45. The molecule has 0 spiro atoms. The van der Waals surface area contributed by atoms with Crippen molar-refractivity contribution in [3.05, 3.63) is 70.1 Å². The number of benzene rings is 2. The topological polar surface area (TPSA) is 74.3 Å². The first-order chi connectivity index (χ1) is 13.3. The van der Waals surface area contributed by atoms with Crippen molar-refractivity contribution in [3.8, 4) is 5.69 Å². The van der Waals surface area contributed by atoms with Crippen LogP contribution < -0.4 is 10.9 Å². The Labute approximate surface area is 165 Å². The monoisotopic (exact) mass is 395 g/mol. The van der Waals surface area contributed by atoms with E-state index in [4.69, 9.17) is 4.84 Å². The molecule has 0 atom stereocenters. The van der Waals surface area contributed by atoms with E-state index in [1.807, 2.05) is 37.3 Å². The van der Waals surface area contributed by atoms with Crippen LogP contribution in [0, 0.1) is 0 Å². The van der Waals surface area contributed by atoms with Crippen LogP contribution in [-0.2, 0) is 18.5 Å². The van der Waals surface area contributed by atoms with Gasteiger partial charge in [-0.1, -0.05) is 72.4 Å². The van der Waals surface area contributed by atoms with Crippen LogP contribution in [0.4, 0.5) is 0 Å². The van der Waals surface area contributed by atoms with Gasteiger partial charge in [-0.05, 0) is 29.0 Å². The van der Waals surface area contributed by atoms with Gasteiger partial charge >= 0.3 is 5.69 Å². The predicted molar refractivity (Wildman–Crippen MR) is 113 cm³/mol. The molecule has 0 saturated heterocycles. The van der Waals surface area contributed by atoms with Crippen molar-refractivity contribution in [2.75, 3.05) is 0 Å². The van der Waals surface area contributed by atoms with E-state index in [1.165, 1.54) is 14.6 Å². The number of oxime groups is 1. The largest absolute Gasteiger partial charge is 0.391 e. The fourth-order valence-electron chi connectivity index (χ4n) is 2.77. The normalized spacial score (nSPS) is 12.2. The lowest BCUT2D eigenvalue weighted by molar-refractivity contribution is 0.130. The molecule has 0 aliphatic rings. The molecule has 2 aromatic carbocycles. The molecule has 1 heterocycles. The minimum Gasteiger partial charge on any atom is -0.391 e. The number of hydrogen-bond acceptors (Lipinski definition) is 5. The molecule has 0 aliphatic carbocycles. The molecule has 0 N–H and O–H groups in total. The summed E-state index contributed by atoms with van der Waals surface area (Å²) in [5, 5.41) is 13.3. The van der Waals surface area contributed by atoms with Gasteiger partial charge in [0.15, 0.2) is 0 Å². The molecule has 28 heavy (non-hydrogen) atoms. The Kier molecular flexibility index (Phi) is 5.60. The van der Waals surface area contributed by atoms with Crippen LogP contribution in [0.3, 0.4) is 0 Å². The average Bonchev–Trinajstić information content (AvgIpc) is 3.00. The van der Waals surface area contributed by atoms with Crippen molar-refractivity contribution in [2.45, 2.75) is 33.2 Å². The molecule has 146 valence electrons. The summed E-state index contributed by atoms with van der Waals surface area (Å²) in [4.78, 5) is 17.7. The summed E-state index contributed by atoms with van der Waals surface area (Å²) in [5.41, 5.74) is 2.99. The number of aromatic nitrogens is 4. The fourth-order valence-corrected chi connectivity index (χ4v) is 3.95. The second-order valence-electron chi connectivity index (χ2n) is 7.71. The smallest absolute Gasteiger partial charge is 0.368 e. The van der Waals surface area contributed by atoms with E-state index in [-0.39, 0.29) is 12.3 Å². The molecule has 0 bridgehead atoms. The van der Waals surface area contributed by atoms with Gasteiger partial charge in [0.25, 0.3) is 0 Å². The second kappa shape index (κ2) is 7.93. The van der Waals surface area contributed by atoms with E-state index < -0.39 is 8.07 Å². The number of rotatable bonds is 6. The maximum absolute atomic E-state index is 12.1. The zero-order valence-corrected chi connectivity index (χ0v) is 17.9. The number of aryl methyl sites for hydroxylation is 1. The van der Waals surface area contributed by atoms with Gasteiger partial charge in [0.05, 0.1) is 19.5 Å². The van der Waals surface area contributed by atoms with Crippen LogP contribution in [0.1, 0.15) is 18.1 Å². The zero-order chi connectivity index (χ0) is 20.3. The van der Waals surface area contributed by atoms with Crippen molar-refractivity contribution in [1.29, 1.82) is 0 Å². The summed E-state index contributed by atoms with van der Waals surface area (Å²) in [6.07, 6.45) is 0. The molecule has 0 aliphatic heterocycles. The number of nitrogens with zero attached hydrogens (tertiary/aromatic N) is 5. The first-order valence-electron chi connectivity index (χ1n) is 9.12. The van der Waals surface area contributed by atoms with Crippen LogP contribution in [0.15, 0.2) is 58.5 Å². The lowest BCUT2D eigenvalue weighted by Crippen LogP contribution is -2.37. The van der Waals surface area contributed by atoms with Crippen LogP contribution in [0.5, 0.6) is 0 Å². The quantitative estimate of drug-likeness (QED) is 0.365. The molecule has 7 nitrogen and oxygen atoms in total. The third-order valence-corrected chi connectivity index (χ3v) is 6.55. The van der Waals surface area contributed by atoms with E-state index in [9.17, 15) is 4.79 Å². The molecule has 1 aromatic heterocycles. The number of para-hydroxylation sites is 1. The first-order valence-corrected chi connectivity index (χ1v) is 12.6. The highest BCUT2D eigenvalue weighted by Gasteiger charge is 2.17. The first kappa shape index (κ1) is 19.8. The van der Waals surface area contributed by atoms with Crippen molar-refractivity contribution in [1.82, 2.24) is 19.8 Å². The molecule has 0 fully saturated rings. The van der Waals surface area contributed by atoms with Gasteiger partial charge in [-0.15, -0.1) is 0 Å². The highest BCUT2D eigenvalue weighted by atomic mass is 28.3. The molecule has 0 radical (unpaired) electrons. The third kappa shape index (κ3) is 4.28. The molecule has 3 rings (SSSR count). The Morgan fingerprint density at radius 2 is 1.86 bits per heavy atom. The number of tetrazole rings is 1. The highest BCUT2D eigenvalue weighted by Crippen LogP contribution is 2.13. The summed E-state index contributed by atoms with van der Waals surface area (Å²) in [5.74, 6) is 0. The minimum absolute atomic E-state index is 0.226. The van der Waals surface area contributed by atoms with Crippen LogP contribution >= 0.6 is 0 Å². The summed E-state index contributed by atoms with van der Waals surface area (Å²) in [6.45, 7) is 9.12.